The monoisotopic (exact) mass is 275 g/mol. The fourth-order valence-corrected chi connectivity index (χ4v) is 2.62. The minimum Gasteiger partial charge on any atom is -0.497 e. The summed E-state index contributed by atoms with van der Waals surface area (Å²) in [6, 6.07) is 14.0. The number of rotatable bonds is 2. The summed E-state index contributed by atoms with van der Waals surface area (Å²) in [7, 11) is 1.67. The van der Waals surface area contributed by atoms with Gasteiger partial charge in [0.15, 0.2) is 0 Å². The van der Waals surface area contributed by atoms with Crippen molar-refractivity contribution in [3.8, 4) is 16.9 Å². The molecule has 4 heteroatoms. The number of hydrogen-bond acceptors (Lipinski definition) is 3. The van der Waals surface area contributed by atoms with Crippen LogP contribution >= 0.6 is 0 Å². The molecule has 102 valence electrons. The van der Waals surface area contributed by atoms with Crippen LogP contribution in [0, 0.1) is 0 Å². The van der Waals surface area contributed by atoms with Gasteiger partial charge in [0, 0.05) is 23.3 Å². The van der Waals surface area contributed by atoms with Crippen LogP contribution in [-0.4, -0.2) is 22.1 Å². The normalized spacial score (nSPS) is 11.1. The number of fused-ring (bicyclic) bond motifs is 3. The smallest absolute Gasteiger partial charge is 0.139 e. The Bertz CT molecular complexity index is 926. The van der Waals surface area contributed by atoms with Crippen LogP contribution in [0.15, 0.2) is 54.9 Å². The molecule has 3 heterocycles. The molecule has 0 atom stereocenters. The van der Waals surface area contributed by atoms with Crippen molar-refractivity contribution in [3.63, 3.8) is 0 Å². The second-order valence-corrected chi connectivity index (χ2v) is 4.84. The number of benzene rings is 1. The lowest BCUT2D eigenvalue weighted by atomic mass is 10.1. The topological polar surface area (TPSA) is 50.8 Å². The lowest BCUT2D eigenvalue weighted by Gasteiger charge is -2.05. The third-order valence-electron chi connectivity index (χ3n) is 3.66. The van der Waals surface area contributed by atoms with Crippen molar-refractivity contribution in [1.29, 1.82) is 0 Å². The number of nitrogens with one attached hydrogen (secondary N) is 1. The molecule has 0 aliphatic heterocycles. The molecule has 0 spiro atoms. The lowest BCUT2D eigenvalue weighted by Crippen LogP contribution is -1.85. The van der Waals surface area contributed by atoms with Gasteiger partial charge < -0.3 is 9.72 Å². The summed E-state index contributed by atoms with van der Waals surface area (Å²) in [4.78, 5) is 12.2. The van der Waals surface area contributed by atoms with Gasteiger partial charge in [-0.2, -0.15) is 0 Å². The van der Waals surface area contributed by atoms with Crippen LogP contribution in [0.4, 0.5) is 0 Å². The van der Waals surface area contributed by atoms with Gasteiger partial charge in [-0.25, -0.2) is 4.98 Å². The van der Waals surface area contributed by atoms with Crippen LogP contribution in [0.1, 0.15) is 0 Å². The average molecular weight is 275 g/mol. The summed E-state index contributed by atoms with van der Waals surface area (Å²) in [5.74, 6) is 0.849. The maximum atomic E-state index is 5.21. The van der Waals surface area contributed by atoms with Crippen molar-refractivity contribution < 1.29 is 4.74 Å². The van der Waals surface area contributed by atoms with E-state index in [1.807, 2.05) is 48.7 Å². The fourth-order valence-electron chi connectivity index (χ4n) is 2.62. The number of aromatic nitrogens is 3. The van der Waals surface area contributed by atoms with Crippen molar-refractivity contribution in [2.24, 2.45) is 0 Å². The van der Waals surface area contributed by atoms with Crippen LogP contribution in [0.5, 0.6) is 5.75 Å². The van der Waals surface area contributed by atoms with E-state index < -0.39 is 0 Å². The van der Waals surface area contributed by atoms with Gasteiger partial charge in [0.05, 0.1) is 18.1 Å². The maximum absolute atomic E-state index is 5.21. The van der Waals surface area contributed by atoms with E-state index >= 15 is 0 Å². The highest BCUT2D eigenvalue weighted by Gasteiger charge is 2.10. The summed E-state index contributed by atoms with van der Waals surface area (Å²) in [6.07, 6.45) is 3.62. The Morgan fingerprint density at radius 2 is 1.81 bits per heavy atom. The molecule has 1 N–H and O–H groups in total. The Labute approximate surface area is 121 Å². The van der Waals surface area contributed by atoms with Gasteiger partial charge in [0.1, 0.15) is 11.4 Å². The third kappa shape index (κ3) is 1.84. The van der Waals surface area contributed by atoms with E-state index in [9.17, 15) is 0 Å². The Hall–Kier alpha value is -2.88. The summed E-state index contributed by atoms with van der Waals surface area (Å²) in [5, 5.41) is 1.04. The van der Waals surface area contributed by atoms with Crippen molar-refractivity contribution in [1.82, 2.24) is 15.0 Å². The van der Waals surface area contributed by atoms with E-state index in [-0.39, 0.29) is 0 Å². The molecule has 4 rings (SSSR count). The minimum absolute atomic E-state index is 0.849. The van der Waals surface area contributed by atoms with Crippen molar-refractivity contribution in [2.45, 2.75) is 0 Å². The summed E-state index contributed by atoms with van der Waals surface area (Å²) < 4.78 is 5.21. The van der Waals surface area contributed by atoms with Gasteiger partial charge in [0.2, 0.25) is 0 Å². The van der Waals surface area contributed by atoms with Crippen LogP contribution in [0.25, 0.3) is 33.2 Å². The molecule has 0 aliphatic rings. The van der Waals surface area contributed by atoms with Gasteiger partial charge in [-0.15, -0.1) is 0 Å². The number of aromatic amines is 1. The number of H-pyrrole nitrogens is 1. The van der Waals surface area contributed by atoms with E-state index in [4.69, 9.17) is 4.74 Å². The van der Waals surface area contributed by atoms with E-state index in [1.54, 1.807) is 13.3 Å². The molecule has 0 saturated carbocycles. The molecule has 0 aliphatic carbocycles. The van der Waals surface area contributed by atoms with Gasteiger partial charge in [0.25, 0.3) is 0 Å². The van der Waals surface area contributed by atoms with Crippen LogP contribution in [-0.2, 0) is 0 Å². The number of pyridine rings is 2. The minimum atomic E-state index is 0.849. The largest absolute Gasteiger partial charge is 0.497 e. The molecule has 0 amide bonds. The van der Waals surface area contributed by atoms with Crippen LogP contribution in [0.2, 0.25) is 0 Å². The van der Waals surface area contributed by atoms with E-state index in [2.05, 4.69) is 15.0 Å². The predicted octanol–water partition coefficient (Wildman–Crippen LogP) is 3.79. The quantitative estimate of drug-likeness (QED) is 0.605. The molecular formula is C17H13N3O. The molecule has 21 heavy (non-hydrogen) atoms. The molecule has 1 aromatic carbocycles. The molecule has 3 aromatic heterocycles. The Balaban J connectivity index is 1.99. The first-order valence-electron chi connectivity index (χ1n) is 6.72. The second-order valence-electron chi connectivity index (χ2n) is 4.84. The molecule has 4 aromatic rings. The number of ether oxygens (including phenoxy) is 1. The maximum Gasteiger partial charge on any atom is 0.139 e. The Morgan fingerprint density at radius 1 is 0.952 bits per heavy atom. The first kappa shape index (κ1) is 11.9. The zero-order valence-corrected chi connectivity index (χ0v) is 11.5. The molecule has 0 bridgehead atoms. The van der Waals surface area contributed by atoms with Gasteiger partial charge in [-0.1, -0.05) is 12.1 Å². The van der Waals surface area contributed by atoms with Gasteiger partial charge in [-0.3, -0.25) is 4.98 Å². The molecule has 0 fully saturated rings. The lowest BCUT2D eigenvalue weighted by molar-refractivity contribution is 0.415. The predicted molar refractivity (Wildman–Crippen MR) is 83.4 cm³/mol. The summed E-state index contributed by atoms with van der Waals surface area (Å²) in [6.45, 7) is 0. The van der Waals surface area contributed by atoms with Crippen LogP contribution in [0.3, 0.4) is 0 Å². The Morgan fingerprint density at radius 3 is 2.62 bits per heavy atom. The molecule has 4 nitrogen and oxygen atoms in total. The third-order valence-corrected chi connectivity index (χ3v) is 3.66. The second kappa shape index (κ2) is 4.59. The number of hydrogen-bond donors (Lipinski definition) is 1. The first-order chi connectivity index (χ1) is 10.4. The molecule has 0 unspecified atom stereocenters. The average Bonchev–Trinajstić information content (AvgIpc) is 2.94. The standard InChI is InChI=1S/C17H13N3O/c1-21-12-6-4-11(5-7-12)13-8-10-18-15-14-3-2-9-19-17(14)20-16(13)15/h2-10H,1H3,(H,19,20). The highest BCUT2D eigenvalue weighted by atomic mass is 16.5. The highest BCUT2D eigenvalue weighted by Crippen LogP contribution is 2.31. The van der Waals surface area contributed by atoms with E-state index in [1.165, 1.54) is 0 Å². The van der Waals surface area contributed by atoms with Crippen molar-refractivity contribution in [3.05, 3.63) is 54.9 Å². The van der Waals surface area contributed by atoms with E-state index in [0.29, 0.717) is 0 Å². The molecule has 0 radical (unpaired) electrons. The van der Waals surface area contributed by atoms with Crippen molar-refractivity contribution in [2.75, 3.05) is 7.11 Å². The molecular weight excluding hydrogens is 262 g/mol. The zero-order chi connectivity index (χ0) is 14.2. The van der Waals surface area contributed by atoms with Crippen molar-refractivity contribution >= 4 is 22.1 Å². The SMILES string of the molecule is COc1ccc(-c2ccnc3c2[nH]c2ncccc23)cc1. The van der Waals surface area contributed by atoms with Gasteiger partial charge >= 0.3 is 0 Å². The first-order valence-corrected chi connectivity index (χ1v) is 6.72. The summed E-state index contributed by atoms with van der Waals surface area (Å²) in [5.41, 5.74) is 5.05. The fraction of sp³-hybridized carbons (Fsp3) is 0.0588. The number of methoxy groups -OCH3 is 1. The van der Waals surface area contributed by atoms with E-state index in [0.717, 1.165) is 38.9 Å². The van der Waals surface area contributed by atoms with Gasteiger partial charge in [-0.05, 0) is 35.9 Å². The molecule has 0 saturated heterocycles. The summed E-state index contributed by atoms with van der Waals surface area (Å²) >= 11 is 0. The Kier molecular flexibility index (Phi) is 2.60. The number of nitrogens with zero attached hydrogens (tertiary/aromatic N) is 2. The van der Waals surface area contributed by atoms with Crippen LogP contribution < -0.4 is 4.74 Å². The highest BCUT2D eigenvalue weighted by molar-refractivity contribution is 6.08. The zero-order valence-electron chi connectivity index (χ0n) is 11.5.